The van der Waals surface area contributed by atoms with Gasteiger partial charge in [-0.2, -0.15) is 0 Å². The Morgan fingerprint density at radius 2 is 1.47 bits per heavy atom. The summed E-state index contributed by atoms with van der Waals surface area (Å²) in [6.07, 6.45) is 7.96. The van der Waals surface area contributed by atoms with Crippen molar-refractivity contribution in [2.45, 2.75) is 0 Å². The quantitative estimate of drug-likeness (QED) is 0.287. The lowest BCUT2D eigenvalue weighted by Gasteiger charge is -2.11. The summed E-state index contributed by atoms with van der Waals surface area (Å²) in [6, 6.07) is 30.8. The second kappa shape index (κ2) is 7.42. The zero-order chi connectivity index (χ0) is 22.5. The molecule has 7 rings (SSSR count). The van der Waals surface area contributed by atoms with Gasteiger partial charge in [0.25, 0.3) is 0 Å². The molecule has 0 amide bonds. The number of pyridine rings is 2. The average Bonchev–Trinajstić information content (AvgIpc) is 3.11. The number of para-hydroxylation sites is 1. The molecule has 3 aromatic carbocycles. The van der Waals surface area contributed by atoms with E-state index in [4.69, 9.17) is 9.72 Å². The predicted molar refractivity (Wildman–Crippen MR) is 137 cm³/mol. The zero-order valence-electron chi connectivity index (χ0n) is 18.2. The van der Waals surface area contributed by atoms with Crippen LogP contribution in [-0.4, -0.2) is 14.5 Å². The number of hydrogen-bond donors (Lipinski definition) is 0. The highest BCUT2D eigenvalue weighted by atomic mass is 16.5. The second-order valence-corrected chi connectivity index (χ2v) is 8.35. The van der Waals surface area contributed by atoms with Crippen LogP contribution in [0.1, 0.15) is 11.1 Å². The third-order valence-electron chi connectivity index (χ3n) is 6.29. The minimum absolute atomic E-state index is 0.773. The van der Waals surface area contributed by atoms with E-state index in [9.17, 15) is 0 Å². The van der Waals surface area contributed by atoms with Gasteiger partial charge in [-0.15, -0.1) is 0 Å². The van der Waals surface area contributed by atoms with E-state index in [-0.39, 0.29) is 0 Å². The fraction of sp³-hybridized carbons (Fsp3) is 0. The zero-order valence-corrected chi connectivity index (χ0v) is 18.2. The van der Waals surface area contributed by atoms with E-state index in [2.05, 4.69) is 58.1 Å². The van der Waals surface area contributed by atoms with Crippen LogP contribution in [0, 0.1) is 0 Å². The van der Waals surface area contributed by atoms with Gasteiger partial charge in [0.2, 0.25) is 0 Å². The van der Waals surface area contributed by atoms with Gasteiger partial charge in [-0.05, 0) is 54.1 Å². The van der Waals surface area contributed by atoms with E-state index in [0.717, 1.165) is 39.7 Å². The van der Waals surface area contributed by atoms with E-state index in [1.54, 1.807) is 6.20 Å². The summed E-state index contributed by atoms with van der Waals surface area (Å²) in [7, 11) is 0. The number of hydrogen-bond acceptors (Lipinski definition) is 3. The topological polar surface area (TPSA) is 39.9 Å². The van der Waals surface area contributed by atoms with Crippen molar-refractivity contribution in [2.75, 3.05) is 0 Å². The predicted octanol–water partition coefficient (Wildman–Crippen LogP) is 7.52. The molecular formula is C30H19N3O. The second-order valence-electron chi connectivity index (χ2n) is 8.35. The Labute approximate surface area is 196 Å². The molecule has 0 unspecified atom stereocenters. The molecule has 3 aromatic heterocycles. The third kappa shape index (κ3) is 2.93. The number of rotatable bonds is 3. The molecule has 4 heteroatoms. The van der Waals surface area contributed by atoms with Crippen LogP contribution in [0.3, 0.4) is 0 Å². The maximum absolute atomic E-state index is 6.33. The van der Waals surface area contributed by atoms with Gasteiger partial charge in [0.15, 0.2) is 0 Å². The highest BCUT2D eigenvalue weighted by Crippen LogP contribution is 2.39. The van der Waals surface area contributed by atoms with Crippen molar-refractivity contribution in [3.05, 3.63) is 115 Å². The molecule has 0 saturated heterocycles. The first-order valence-electron chi connectivity index (χ1n) is 11.3. The minimum atomic E-state index is 0.773. The summed E-state index contributed by atoms with van der Waals surface area (Å²) in [6.45, 7) is 0. The fourth-order valence-corrected chi connectivity index (χ4v) is 4.79. The van der Waals surface area contributed by atoms with Crippen LogP contribution in [0.2, 0.25) is 0 Å². The molecule has 1 aliphatic rings. The van der Waals surface area contributed by atoms with E-state index in [0.29, 0.717) is 0 Å². The van der Waals surface area contributed by atoms with Gasteiger partial charge in [0, 0.05) is 40.4 Å². The normalized spacial score (nSPS) is 12.0. The first kappa shape index (κ1) is 18.8. The summed E-state index contributed by atoms with van der Waals surface area (Å²) < 4.78 is 8.59. The molecule has 0 radical (unpaired) electrons. The van der Waals surface area contributed by atoms with Crippen molar-refractivity contribution in [3.63, 3.8) is 0 Å². The molecular weight excluding hydrogens is 418 g/mol. The van der Waals surface area contributed by atoms with Crippen molar-refractivity contribution in [1.82, 2.24) is 14.5 Å². The minimum Gasteiger partial charge on any atom is -0.457 e. The van der Waals surface area contributed by atoms with E-state index in [1.807, 2.05) is 60.8 Å². The van der Waals surface area contributed by atoms with Gasteiger partial charge >= 0.3 is 0 Å². The molecule has 1 aliphatic heterocycles. The molecule has 0 atom stereocenters. The Hall–Kier alpha value is -4.70. The number of ether oxygens (including phenoxy) is 1. The highest BCUT2D eigenvalue weighted by Gasteiger charge is 2.19. The highest BCUT2D eigenvalue weighted by molar-refractivity contribution is 6.13. The lowest BCUT2D eigenvalue weighted by atomic mass is 10.1. The molecule has 6 aromatic rings. The van der Waals surface area contributed by atoms with Gasteiger partial charge in [0.05, 0.1) is 16.7 Å². The lowest BCUT2D eigenvalue weighted by molar-refractivity contribution is 0.483. The summed E-state index contributed by atoms with van der Waals surface area (Å²) in [5.41, 5.74) is 6.45. The molecule has 0 spiro atoms. The van der Waals surface area contributed by atoms with Gasteiger partial charge in [-0.3, -0.25) is 9.55 Å². The van der Waals surface area contributed by atoms with Gasteiger partial charge in [-0.1, -0.05) is 48.6 Å². The van der Waals surface area contributed by atoms with Crippen LogP contribution < -0.4 is 4.74 Å². The Morgan fingerprint density at radius 3 is 2.41 bits per heavy atom. The van der Waals surface area contributed by atoms with Crippen molar-refractivity contribution >= 4 is 34.0 Å². The van der Waals surface area contributed by atoms with Crippen molar-refractivity contribution in [2.24, 2.45) is 0 Å². The smallest absolute Gasteiger partial charge is 0.144 e. The first-order valence-corrected chi connectivity index (χ1v) is 11.3. The summed E-state index contributed by atoms with van der Waals surface area (Å²) in [5.74, 6) is 2.48. The SMILES string of the molecule is C1=Cc2cccc3c4ccc(Oc5cccc(-c6ccccn6)c5)cc4n(c23)-c2ncccc21. The third-order valence-corrected chi connectivity index (χ3v) is 6.29. The Bertz CT molecular complexity index is 1730. The maximum Gasteiger partial charge on any atom is 0.144 e. The largest absolute Gasteiger partial charge is 0.457 e. The molecule has 160 valence electrons. The first-order chi connectivity index (χ1) is 16.8. The van der Waals surface area contributed by atoms with Gasteiger partial charge < -0.3 is 4.74 Å². The van der Waals surface area contributed by atoms with E-state index < -0.39 is 0 Å². The average molecular weight is 438 g/mol. The van der Waals surface area contributed by atoms with Crippen LogP contribution in [0.4, 0.5) is 0 Å². The Morgan fingerprint density at radius 1 is 0.618 bits per heavy atom. The van der Waals surface area contributed by atoms with Crippen LogP contribution in [0.25, 0.3) is 51.0 Å². The molecule has 0 fully saturated rings. The summed E-state index contributed by atoms with van der Waals surface area (Å²) in [5, 5.41) is 2.39. The van der Waals surface area contributed by atoms with Gasteiger partial charge in [-0.25, -0.2) is 4.98 Å². The molecule has 0 N–H and O–H groups in total. The Kier molecular flexibility index (Phi) is 4.11. The Balaban J connectivity index is 1.39. The van der Waals surface area contributed by atoms with Crippen molar-refractivity contribution in [3.8, 4) is 28.6 Å². The van der Waals surface area contributed by atoms with Crippen LogP contribution in [0.5, 0.6) is 11.5 Å². The fourth-order valence-electron chi connectivity index (χ4n) is 4.79. The van der Waals surface area contributed by atoms with Crippen molar-refractivity contribution in [1.29, 1.82) is 0 Å². The van der Waals surface area contributed by atoms with Gasteiger partial charge in [0.1, 0.15) is 17.3 Å². The summed E-state index contributed by atoms with van der Waals surface area (Å²) in [4.78, 5) is 9.21. The number of aromatic nitrogens is 3. The summed E-state index contributed by atoms with van der Waals surface area (Å²) >= 11 is 0. The maximum atomic E-state index is 6.33. The number of benzene rings is 3. The van der Waals surface area contributed by atoms with Crippen LogP contribution in [0.15, 0.2) is 103 Å². The molecule has 4 nitrogen and oxygen atoms in total. The molecule has 0 aliphatic carbocycles. The molecule has 4 heterocycles. The molecule has 0 bridgehead atoms. The monoisotopic (exact) mass is 437 g/mol. The number of nitrogens with zero attached hydrogens (tertiary/aromatic N) is 3. The molecule has 34 heavy (non-hydrogen) atoms. The van der Waals surface area contributed by atoms with E-state index in [1.165, 1.54) is 21.9 Å². The lowest BCUT2D eigenvalue weighted by Crippen LogP contribution is -1.99. The van der Waals surface area contributed by atoms with Crippen molar-refractivity contribution < 1.29 is 4.74 Å². The van der Waals surface area contributed by atoms with Crippen LogP contribution >= 0.6 is 0 Å². The van der Waals surface area contributed by atoms with E-state index >= 15 is 0 Å². The van der Waals surface area contributed by atoms with Crippen LogP contribution in [-0.2, 0) is 0 Å². The molecule has 0 saturated carbocycles. The number of fused-ring (bicyclic) bond motifs is 5. The standard InChI is InChI=1S/C30H19N3O/c1-2-16-31-27(11-1)22-7-3-9-23(18-22)34-24-14-15-25-26-10-4-6-20-12-13-21-8-5-17-32-30(21)33(29(20)26)28(25)19-24/h1-19H.